The van der Waals surface area contributed by atoms with E-state index in [1.54, 1.807) is 60.7 Å². The second-order valence-electron chi connectivity index (χ2n) is 5.46. The van der Waals surface area contributed by atoms with Crippen LogP contribution >= 0.6 is 0 Å². The van der Waals surface area contributed by atoms with Crippen LogP contribution in [0.25, 0.3) is 0 Å². The van der Waals surface area contributed by atoms with Crippen molar-refractivity contribution in [3.05, 3.63) is 71.8 Å². The Bertz CT molecular complexity index is 739. The van der Waals surface area contributed by atoms with E-state index in [1.807, 2.05) is 0 Å². The Hall–Kier alpha value is -3.36. The molecule has 2 aromatic carbocycles. The summed E-state index contributed by atoms with van der Waals surface area (Å²) in [6, 6.07) is 17.1. The molecule has 4 N–H and O–H groups in total. The molecule has 26 heavy (non-hydrogen) atoms. The molecule has 4 amide bonds. The van der Waals surface area contributed by atoms with Gasteiger partial charge in [-0.1, -0.05) is 60.7 Å². The largest absolute Gasteiger partial charge is 0.334 e. The minimum Gasteiger partial charge on any atom is -0.273 e. The number of nitrogens with zero attached hydrogens (tertiary/aromatic N) is 2. The highest BCUT2D eigenvalue weighted by molar-refractivity contribution is 6.39. The number of imide groups is 2. The van der Waals surface area contributed by atoms with Crippen LogP contribution in [0.15, 0.2) is 60.7 Å². The predicted octanol–water partition coefficient (Wildman–Crippen LogP) is -0.0704. The van der Waals surface area contributed by atoms with Crippen LogP contribution in [0, 0.1) is 0 Å². The number of benzene rings is 2. The molecule has 0 saturated carbocycles. The van der Waals surface area contributed by atoms with Crippen molar-refractivity contribution in [2.24, 2.45) is 11.7 Å². The van der Waals surface area contributed by atoms with Gasteiger partial charge in [-0.3, -0.25) is 19.2 Å². The molecule has 0 aliphatic heterocycles. The van der Waals surface area contributed by atoms with E-state index < -0.39 is 23.6 Å². The fraction of sp³-hybridized carbons (Fsp3) is 0.111. The number of nitrogens with two attached hydrogens (primary N) is 2. The third kappa shape index (κ3) is 4.82. The van der Waals surface area contributed by atoms with Gasteiger partial charge in [-0.05, 0) is 11.1 Å². The summed E-state index contributed by atoms with van der Waals surface area (Å²) < 4.78 is 0. The highest BCUT2D eigenvalue weighted by atomic mass is 16.2. The molecule has 0 spiro atoms. The maximum absolute atomic E-state index is 12.0. The Balaban J connectivity index is 1.97. The summed E-state index contributed by atoms with van der Waals surface area (Å²) in [5.74, 6) is 6.49. The fourth-order valence-corrected chi connectivity index (χ4v) is 2.14. The van der Waals surface area contributed by atoms with Gasteiger partial charge in [0.25, 0.3) is 0 Å². The monoisotopic (exact) mass is 354 g/mol. The maximum Gasteiger partial charge on any atom is 0.334 e. The van der Waals surface area contributed by atoms with Gasteiger partial charge in [0.05, 0.1) is 12.8 Å². The zero-order valence-electron chi connectivity index (χ0n) is 13.9. The van der Waals surface area contributed by atoms with Crippen molar-refractivity contribution in [2.75, 3.05) is 0 Å². The van der Waals surface area contributed by atoms with E-state index in [0.717, 1.165) is 0 Å². The molecule has 0 unspecified atom stereocenters. The van der Waals surface area contributed by atoms with Crippen LogP contribution in [-0.4, -0.2) is 33.6 Å². The number of rotatable bonds is 4. The van der Waals surface area contributed by atoms with Crippen LogP contribution in [0.1, 0.15) is 11.1 Å². The second kappa shape index (κ2) is 8.65. The predicted molar refractivity (Wildman–Crippen MR) is 92.4 cm³/mol. The van der Waals surface area contributed by atoms with Crippen molar-refractivity contribution in [3.63, 3.8) is 0 Å². The normalized spacial score (nSPS) is 10.1. The lowest BCUT2D eigenvalue weighted by molar-refractivity contribution is -0.160. The third-order valence-electron chi connectivity index (χ3n) is 3.55. The van der Waals surface area contributed by atoms with Crippen molar-refractivity contribution in [3.8, 4) is 0 Å². The number of hydrogen-bond acceptors (Lipinski definition) is 6. The van der Waals surface area contributed by atoms with Gasteiger partial charge < -0.3 is 0 Å². The quantitative estimate of drug-likeness (QED) is 0.342. The Morgan fingerprint density at radius 1 is 0.615 bits per heavy atom. The van der Waals surface area contributed by atoms with Crippen molar-refractivity contribution < 1.29 is 19.2 Å². The molecular weight excluding hydrogens is 336 g/mol. The van der Waals surface area contributed by atoms with Gasteiger partial charge >= 0.3 is 11.8 Å². The van der Waals surface area contributed by atoms with E-state index in [2.05, 4.69) is 0 Å². The molecule has 0 aromatic heterocycles. The summed E-state index contributed by atoms with van der Waals surface area (Å²) in [5, 5.41) is 0.343. The molecule has 0 radical (unpaired) electrons. The molecule has 0 bridgehead atoms. The SMILES string of the molecule is NN(C(=O)Cc1ccccc1)C(=O)C(=O)N(N)C(=O)Cc1ccccc1. The molecule has 2 aromatic rings. The molecule has 2 rings (SSSR count). The number of carbonyl (C=O) groups excluding carboxylic acids is 4. The Morgan fingerprint density at radius 2 is 0.923 bits per heavy atom. The Morgan fingerprint density at radius 3 is 1.23 bits per heavy atom. The third-order valence-corrected chi connectivity index (χ3v) is 3.55. The second-order valence-corrected chi connectivity index (χ2v) is 5.46. The molecule has 0 aliphatic rings. The van der Waals surface area contributed by atoms with E-state index in [1.165, 1.54) is 0 Å². The van der Waals surface area contributed by atoms with E-state index >= 15 is 0 Å². The first-order valence-corrected chi connectivity index (χ1v) is 7.71. The highest BCUT2D eigenvalue weighted by Crippen LogP contribution is 2.04. The van der Waals surface area contributed by atoms with E-state index in [0.29, 0.717) is 11.1 Å². The summed E-state index contributed by atoms with van der Waals surface area (Å²) in [5.41, 5.74) is 1.25. The van der Waals surface area contributed by atoms with Gasteiger partial charge in [0.2, 0.25) is 11.8 Å². The van der Waals surface area contributed by atoms with Crippen LogP contribution in [0.3, 0.4) is 0 Å². The van der Waals surface area contributed by atoms with Gasteiger partial charge in [0.1, 0.15) is 0 Å². The van der Waals surface area contributed by atoms with E-state index in [-0.39, 0.29) is 22.9 Å². The average molecular weight is 354 g/mol. The lowest BCUT2D eigenvalue weighted by Crippen LogP contribution is -2.55. The summed E-state index contributed by atoms with van der Waals surface area (Å²) in [6.07, 6.45) is -0.336. The average Bonchev–Trinajstić information content (AvgIpc) is 2.67. The fourth-order valence-electron chi connectivity index (χ4n) is 2.14. The number of hydrogen-bond donors (Lipinski definition) is 2. The molecule has 0 aliphatic carbocycles. The number of carbonyl (C=O) groups is 4. The van der Waals surface area contributed by atoms with Crippen LogP contribution in [0.5, 0.6) is 0 Å². The molecule has 0 heterocycles. The molecule has 8 heteroatoms. The van der Waals surface area contributed by atoms with Crippen molar-refractivity contribution >= 4 is 23.6 Å². The van der Waals surface area contributed by atoms with Crippen molar-refractivity contribution in [1.82, 2.24) is 10.0 Å². The summed E-state index contributed by atoms with van der Waals surface area (Å²) in [7, 11) is 0. The molecular formula is C18H18N4O4. The highest BCUT2D eigenvalue weighted by Gasteiger charge is 2.31. The number of amides is 4. The van der Waals surface area contributed by atoms with E-state index in [4.69, 9.17) is 11.7 Å². The molecule has 0 saturated heterocycles. The van der Waals surface area contributed by atoms with Crippen LogP contribution in [0.2, 0.25) is 0 Å². The lowest BCUT2D eigenvalue weighted by Gasteiger charge is -2.18. The van der Waals surface area contributed by atoms with Gasteiger partial charge in [-0.25, -0.2) is 21.7 Å². The van der Waals surface area contributed by atoms with Gasteiger partial charge in [0, 0.05) is 0 Å². The van der Waals surface area contributed by atoms with Crippen LogP contribution in [0.4, 0.5) is 0 Å². The number of hydrazine groups is 2. The smallest absolute Gasteiger partial charge is 0.273 e. The van der Waals surface area contributed by atoms with Crippen LogP contribution < -0.4 is 11.7 Å². The van der Waals surface area contributed by atoms with Gasteiger partial charge in [-0.2, -0.15) is 0 Å². The van der Waals surface area contributed by atoms with Gasteiger partial charge in [0.15, 0.2) is 0 Å². The topological polar surface area (TPSA) is 127 Å². The minimum atomic E-state index is -1.38. The Labute approximate surface area is 149 Å². The standard InChI is InChI=1S/C18H18N4O4/c19-21(15(23)11-13-7-3-1-4-8-13)17(25)18(26)22(20)16(24)12-14-9-5-2-6-10-14/h1-10H,11-12,19-20H2. The minimum absolute atomic E-state index is 0.168. The Kier molecular flexibility index (Phi) is 6.31. The van der Waals surface area contributed by atoms with E-state index in [9.17, 15) is 19.2 Å². The summed E-state index contributed by atoms with van der Waals surface area (Å²) >= 11 is 0. The van der Waals surface area contributed by atoms with Gasteiger partial charge in [-0.15, -0.1) is 0 Å². The molecule has 8 nitrogen and oxygen atoms in total. The first-order valence-electron chi connectivity index (χ1n) is 7.71. The zero-order chi connectivity index (χ0) is 19.1. The molecule has 0 fully saturated rings. The maximum atomic E-state index is 12.0. The molecule has 0 atom stereocenters. The van der Waals surface area contributed by atoms with Crippen LogP contribution in [-0.2, 0) is 32.0 Å². The lowest BCUT2D eigenvalue weighted by atomic mass is 10.1. The van der Waals surface area contributed by atoms with Crippen molar-refractivity contribution in [2.45, 2.75) is 12.8 Å². The first kappa shape index (κ1) is 19.0. The zero-order valence-corrected chi connectivity index (χ0v) is 13.9. The summed E-state index contributed by atoms with van der Waals surface area (Å²) in [6.45, 7) is 0. The first-order chi connectivity index (χ1) is 12.4. The van der Waals surface area contributed by atoms with Crippen molar-refractivity contribution in [1.29, 1.82) is 0 Å². The summed E-state index contributed by atoms with van der Waals surface area (Å²) in [4.78, 5) is 48.1. The molecule has 134 valence electrons.